The Morgan fingerprint density at radius 2 is 1.81 bits per heavy atom. The summed E-state index contributed by atoms with van der Waals surface area (Å²) in [6.07, 6.45) is 6.13. The van der Waals surface area contributed by atoms with E-state index >= 15 is 0 Å². The van der Waals surface area contributed by atoms with Gasteiger partial charge in [0.15, 0.2) is 0 Å². The third-order valence-corrected chi connectivity index (χ3v) is 4.12. The molecule has 1 aromatic carbocycles. The van der Waals surface area contributed by atoms with E-state index < -0.39 is 0 Å². The van der Waals surface area contributed by atoms with Crippen LogP contribution >= 0.6 is 0 Å². The second-order valence-corrected chi connectivity index (χ2v) is 5.63. The molecule has 0 unspecified atom stereocenters. The number of para-hydroxylation sites is 1. The van der Waals surface area contributed by atoms with E-state index in [1.165, 1.54) is 19.3 Å². The predicted octanol–water partition coefficient (Wildman–Crippen LogP) is 3.15. The van der Waals surface area contributed by atoms with E-state index in [-0.39, 0.29) is 11.9 Å². The minimum Gasteiger partial charge on any atom is -0.324 e. The Kier molecular flexibility index (Phi) is 5.77. The fourth-order valence-corrected chi connectivity index (χ4v) is 2.75. The first kappa shape index (κ1) is 15.5. The first-order valence-electron chi connectivity index (χ1n) is 7.76. The van der Waals surface area contributed by atoms with Crippen LogP contribution in [0, 0.1) is 11.3 Å². The standard InChI is InChI=1S/C17H23N3O/c1-14(20-11-7-3-2-4-8-12-20)17(21)19-16-10-6-5-9-15(16)13-18/h5-6,9-10,14H,2-4,7-8,11-12H2,1H3,(H,19,21)/t14-/m0/s1. The lowest BCUT2D eigenvalue weighted by molar-refractivity contribution is -0.120. The molecule has 0 radical (unpaired) electrons. The summed E-state index contributed by atoms with van der Waals surface area (Å²) in [4.78, 5) is 14.7. The number of anilines is 1. The molecule has 1 aliphatic heterocycles. The first-order chi connectivity index (χ1) is 10.2. The normalized spacial score (nSPS) is 18.1. The van der Waals surface area contributed by atoms with E-state index in [9.17, 15) is 4.79 Å². The smallest absolute Gasteiger partial charge is 0.241 e. The van der Waals surface area contributed by atoms with Crippen molar-refractivity contribution in [3.05, 3.63) is 29.8 Å². The van der Waals surface area contributed by atoms with E-state index in [0.717, 1.165) is 25.9 Å². The summed E-state index contributed by atoms with van der Waals surface area (Å²) in [6, 6.07) is 9.08. The molecule has 1 aliphatic rings. The van der Waals surface area contributed by atoms with Crippen LogP contribution in [-0.2, 0) is 4.79 Å². The fraction of sp³-hybridized carbons (Fsp3) is 0.529. The number of nitriles is 1. The molecule has 112 valence electrons. The van der Waals surface area contributed by atoms with Crippen molar-refractivity contribution in [2.45, 2.75) is 45.1 Å². The molecule has 0 spiro atoms. The highest BCUT2D eigenvalue weighted by atomic mass is 16.2. The maximum Gasteiger partial charge on any atom is 0.241 e. The van der Waals surface area contributed by atoms with Crippen LogP contribution in [0.2, 0.25) is 0 Å². The third-order valence-electron chi connectivity index (χ3n) is 4.12. The predicted molar refractivity (Wildman–Crippen MR) is 83.9 cm³/mol. The summed E-state index contributed by atoms with van der Waals surface area (Å²) < 4.78 is 0. The third kappa shape index (κ3) is 4.30. The highest BCUT2D eigenvalue weighted by molar-refractivity contribution is 5.95. The Morgan fingerprint density at radius 1 is 1.19 bits per heavy atom. The van der Waals surface area contributed by atoms with Crippen LogP contribution in [0.25, 0.3) is 0 Å². The van der Waals surface area contributed by atoms with Crippen LogP contribution in [0.5, 0.6) is 0 Å². The van der Waals surface area contributed by atoms with Crippen molar-refractivity contribution < 1.29 is 4.79 Å². The van der Waals surface area contributed by atoms with Gasteiger partial charge in [0.05, 0.1) is 17.3 Å². The lowest BCUT2D eigenvalue weighted by Crippen LogP contribution is -2.43. The van der Waals surface area contributed by atoms with Gasteiger partial charge in [-0.1, -0.05) is 31.4 Å². The number of benzene rings is 1. The van der Waals surface area contributed by atoms with Crippen LogP contribution in [0.1, 0.15) is 44.6 Å². The molecule has 2 rings (SSSR count). The number of rotatable bonds is 3. The van der Waals surface area contributed by atoms with Crippen molar-refractivity contribution in [2.75, 3.05) is 18.4 Å². The molecule has 0 aliphatic carbocycles. The number of amides is 1. The van der Waals surface area contributed by atoms with E-state index in [1.807, 2.05) is 13.0 Å². The van der Waals surface area contributed by atoms with Gasteiger partial charge in [-0.3, -0.25) is 9.69 Å². The molecule has 0 aromatic heterocycles. The molecular formula is C17H23N3O. The number of hydrogen-bond donors (Lipinski definition) is 1. The average Bonchev–Trinajstić information content (AvgIpc) is 2.47. The van der Waals surface area contributed by atoms with E-state index in [1.54, 1.807) is 18.2 Å². The van der Waals surface area contributed by atoms with Gasteiger partial charge in [-0.25, -0.2) is 0 Å². The van der Waals surface area contributed by atoms with Gasteiger partial charge in [-0.15, -0.1) is 0 Å². The van der Waals surface area contributed by atoms with Gasteiger partial charge < -0.3 is 5.32 Å². The van der Waals surface area contributed by atoms with Crippen molar-refractivity contribution >= 4 is 11.6 Å². The fourth-order valence-electron chi connectivity index (χ4n) is 2.75. The largest absolute Gasteiger partial charge is 0.324 e. The van der Waals surface area contributed by atoms with Crippen molar-refractivity contribution in [3.63, 3.8) is 0 Å². The first-order valence-corrected chi connectivity index (χ1v) is 7.76. The zero-order valence-corrected chi connectivity index (χ0v) is 12.6. The van der Waals surface area contributed by atoms with Crippen molar-refractivity contribution in [3.8, 4) is 6.07 Å². The molecule has 0 saturated carbocycles. The molecule has 1 N–H and O–H groups in total. The van der Waals surface area contributed by atoms with Gasteiger partial charge in [0.25, 0.3) is 0 Å². The summed E-state index contributed by atoms with van der Waals surface area (Å²) in [5.74, 6) is -0.0294. The van der Waals surface area contributed by atoms with Gasteiger partial charge in [-0.05, 0) is 45.0 Å². The van der Waals surface area contributed by atoms with Crippen LogP contribution < -0.4 is 5.32 Å². The maximum absolute atomic E-state index is 12.4. The zero-order chi connectivity index (χ0) is 15.1. The molecule has 1 fully saturated rings. The van der Waals surface area contributed by atoms with Crippen LogP contribution in [-0.4, -0.2) is 29.9 Å². The van der Waals surface area contributed by atoms with Crippen molar-refractivity contribution in [1.29, 1.82) is 5.26 Å². The lowest BCUT2D eigenvalue weighted by atomic mass is 10.1. The van der Waals surface area contributed by atoms with Gasteiger partial charge in [-0.2, -0.15) is 5.26 Å². The zero-order valence-electron chi connectivity index (χ0n) is 12.6. The highest BCUT2D eigenvalue weighted by Gasteiger charge is 2.22. The molecule has 4 nitrogen and oxygen atoms in total. The second kappa shape index (κ2) is 7.80. The molecule has 1 heterocycles. The monoisotopic (exact) mass is 285 g/mol. The number of nitrogens with one attached hydrogen (secondary N) is 1. The highest BCUT2D eigenvalue weighted by Crippen LogP contribution is 2.16. The summed E-state index contributed by atoms with van der Waals surface area (Å²) in [6.45, 7) is 3.91. The molecule has 1 amide bonds. The second-order valence-electron chi connectivity index (χ2n) is 5.63. The minimum atomic E-state index is -0.158. The average molecular weight is 285 g/mol. The Balaban J connectivity index is 2.00. The minimum absolute atomic E-state index is 0.0294. The number of nitrogens with zero attached hydrogens (tertiary/aromatic N) is 2. The Hall–Kier alpha value is -1.86. The number of carbonyl (C=O) groups is 1. The molecule has 1 aromatic rings. The topological polar surface area (TPSA) is 56.1 Å². The van der Waals surface area contributed by atoms with E-state index in [2.05, 4.69) is 16.3 Å². The molecule has 1 saturated heterocycles. The van der Waals surface area contributed by atoms with Gasteiger partial charge in [0, 0.05) is 0 Å². The number of carbonyl (C=O) groups excluding carboxylic acids is 1. The van der Waals surface area contributed by atoms with Gasteiger partial charge in [0.1, 0.15) is 6.07 Å². The van der Waals surface area contributed by atoms with Gasteiger partial charge >= 0.3 is 0 Å². The summed E-state index contributed by atoms with van der Waals surface area (Å²) in [5, 5.41) is 12.0. The van der Waals surface area contributed by atoms with Crippen LogP contribution in [0.3, 0.4) is 0 Å². The summed E-state index contributed by atoms with van der Waals surface area (Å²) in [7, 11) is 0. The van der Waals surface area contributed by atoms with Crippen molar-refractivity contribution in [2.24, 2.45) is 0 Å². The Morgan fingerprint density at radius 3 is 2.48 bits per heavy atom. The summed E-state index contributed by atoms with van der Waals surface area (Å²) >= 11 is 0. The molecule has 4 heteroatoms. The number of hydrogen-bond acceptors (Lipinski definition) is 3. The molecule has 0 bridgehead atoms. The number of likely N-dealkylation sites (tertiary alicyclic amines) is 1. The Bertz CT molecular complexity index is 513. The summed E-state index contributed by atoms with van der Waals surface area (Å²) in [5.41, 5.74) is 1.11. The van der Waals surface area contributed by atoms with Crippen LogP contribution in [0.4, 0.5) is 5.69 Å². The van der Waals surface area contributed by atoms with E-state index in [0.29, 0.717) is 11.3 Å². The SMILES string of the molecule is C[C@@H](C(=O)Nc1ccccc1C#N)N1CCCCCCC1. The Labute approximate surface area is 126 Å². The van der Waals surface area contributed by atoms with E-state index in [4.69, 9.17) is 5.26 Å². The van der Waals surface area contributed by atoms with Crippen molar-refractivity contribution in [1.82, 2.24) is 4.90 Å². The lowest BCUT2D eigenvalue weighted by Gasteiger charge is -2.29. The molecule has 1 atom stereocenters. The maximum atomic E-state index is 12.4. The van der Waals surface area contributed by atoms with Crippen LogP contribution in [0.15, 0.2) is 24.3 Å². The molecular weight excluding hydrogens is 262 g/mol. The molecule has 21 heavy (non-hydrogen) atoms. The quantitative estimate of drug-likeness (QED) is 0.928. The van der Waals surface area contributed by atoms with Gasteiger partial charge in [0.2, 0.25) is 5.91 Å².